The summed E-state index contributed by atoms with van der Waals surface area (Å²) in [5.74, 6) is 0.617. The second-order valence-corrected chi connectivity index (χ2v) is 6.39. The van der Waals surface area contributed by atoms with Gasteiger partial charge < -0.3 is 4.90 Å². The summed E-state index contributed by atoms with van der Waals surface area (Å²) in [5.41, 5.74) is 1.95. The average Bonchev–Trinajstić information content (AvgIpc) is 3.10. The Balaban J connectivity index is 1.48. The van der Waals surface area contributed by atoms with Gasteiger partial charge in [-0.25, -0.2) is 0 Å². The zero-order chi connectivity index (χ0) is 15.4. The molecule has 4 heteroatoms. The SMILES string of the molecule is N#Cc1ccc(CN2CCC(C(=O)N3CCCC3)CC2)cc1. The molecular formula is C18H23N3O. The highest BCUT2D eigenvalue weighted by molar-refractivity contribution is 5.79. The predicted molar refractivity (Wildman–Crippen MR) is 85.0 cm³/mol. The monoisotopic (exact) mass is 297 g/mol. The maximum Gasteiger partial charge on any atom is 0.225 e. The van der Waals surface area contributed by atoms with Gasteiger partial charge in [0.15, 0.2) is 0 Å². The molecule has 1 aromatic carbocycles. The van der Waals surface area contributed by atoms with E-state index in [2.05, 4.69) is 15.9 Å². The maximum absolute atomic E-state index is 12.4. The van der Waals surface area contributed by atoms with E-state index in [-0.39, 0.29) is 5.92 Å². The Morgan fingerprint density at radius 2 is 1.73 bits per heavy atom. The zero-order valence-electron chi connectivity index (χ0n) is 13.0. The quantitative estimate of drug-likeness (QED) is 0.860. The van der Waals surface area contributed by atoms with Crippen LogP contribution < -0.4 is 0 Å². The molecule has 0 radical (unpaired) electrons. The molecule has 0 aromatic heterocycles. The molecule has 2 saturated heterocycles. The van der Waals surface area contributed by atoms with E-state index in [1.807, 2.05) is 24.3 Å². The van der Waals surface area contributed by atoms with Gasteiger partial charge in [0, 0.05) is 25.6 Å². The van der Waals surface area contributed by atoms with Crippen molar-refractivity contribution < 1.29 is 4.79 Å². The van der Waals surface area contributed by atoms with E-state index in [4.69, 9.17) is 5.26 Å². The molecule has 2 aliphatic heterocycles. The van der Waals surface area contributed by atoms with Gasteiger partial charge in [-0.15, -0.1) is 0 Å². The van der Waals surface area contributed by atoms with Crippen LogP contribution in [-0.4, -0.2) is 41.9 Å². The number of hydrogen-bond donors (Lipinski definition) is 0. The van der Waals surface area contributed by atoms with Crippen LogP contribution in [0.4, 0.5) is 0 Å². The molecule has 1 aromatic rings. The third kappa shape index (κ3) is 3.48. The molecule has 3 rings (SSSR count). The number of nitriles is 1. The highest BCUT2D eigenvalue weighted by atomic mass is 16.2. The van der Waals surface area contributed by atoms with Crippen molar-refractivity contribution in [1.29, 1.82) is 5.26 Å². The number of nitrogens with zero attached hydrogens (tertiary/aromatic N) is 3. The molecule has 2 heterocycles. The van der Waals surface area contributed by atoms with E-state index in [9.17, 15) is 4.79 Å². The lowest BCUT2D eigenvalue weighted by Gasteiger charge is -2.33. The van der Waals surface area contributed by atoms with E-state index in [1.54, 1.807) is 0 Å². The minimum Gasteiger partial charge on any atom is -0.342 e. The van der Waals surface area contributed by atoms with Gasteiger partial charge in [0.2, 0.25) is 5.91 Å². The third-order valence-corrected chi connectivity index (χ3v) is 4.84. The van der Waals surface area contributed by atoms with E-state index >= 15 is 0 Å². The van der Waals surface area contributed by atoms with Crippen molar-refractivity contribution in [3.8, 4) is 6.07 Å². The van der Waals surface area contributed by atoms with Crippen LogP contribution in [0.3, 0.4) is 0 Å². The van der Waals surface area contributed by atoms with Gasteiger partial charge in [0.25, 0.3) is 0 Å². The molecule has 1 amide bonds. The van der Waals surface area contributed by atoms with Gasteiger partial charge in [0.1, 0.15) is 0 Å². The molecular weight excluding hydrogens is 274 g/mol. The minimum absolute atomic E-state index is 0.232. The number of amides is 1. The topological polar surface area (TPSA) is 47.3 Å². The van der Waals surface area contributed by atoms with Crippen LogP contribution in [0.5, 0.6) is 0 Å². The first kappa shape index (κ1) is 15.1. The van der Waals surface area contributed by atoms with Crippen molar-refractivity contribution in [3.05, 3.63) is 35.4 Å². The fourth-order valence-corrected chi connectivity index (χ4v) is 3.48. The van der Waals surface area contributed by atoms with Crippen LogP contribution in [0.2, 0.25) is 0 Å². The molecule has 2 fully saturated rings. The van der Waals surface area contributed by atoms with E-state index in [1.165, 1.54) is 18.4 Å². The lowest BCUT2D eigenvalue weighted by Crippen LogP contribution is -2.41. The second kappa shape index (κ2) is 6.93. The maximum atomic E-state index is 12.4. The van der Waals surface area contributed by atoms with Gasteiger partial charge in [0.05, 0.1) is 11.6 Å². The number of benzene rings is 1. The Bertz CT molecular complexity index is 547. The summed E-state index contributed by atoms with van der Waals surface area (Å²) < 4.78 is 0. The summed E-state index contributed by atoms with van der Waals surface area (Å²) >= 11 is 0. The van der Waals surface area contributed by atoms with E-state index < -0.39 is 0 Å². The number of piperidine rings is 1. The molecule has 0 bridgehead atoms. The molecule has 0 aliphatic carbocycles. The summed E-state index contributed by atoms with van der Waals surface area (Å²) in [6, 6.07) is 9.95. The second-order valence-electron chi connectivity index (χ2n) is 6.39. The van der Waals surface area contributed by atoms with Crippen molar-refractivity contribution in [2.75, 3.05) is 26.2 Å². The molecule has 0 unspecified atom stereocenters. The van der Waals surface area contributed by atoms with Gasteiger partial charge in [-0.3, -0.25) is 9.69 Å². The Morgan fingerprint density at radius 1 is 1.09 bits per heavy atom. The summed E-state index contributed by atoms with van der Waals surface area (Å²) in [6.07, 6.45) is 4.30. The highest BCUT2D eigenvalue weighted by Gasteiger charge is 2.29. The number of carbonyl (C=O) groups excluding carboxylic acids is 1. The molecule has 4 nitrogen and oxygen atoms in total. The number of likely N-dealkylation sites (tertiary alicyclic amines) is 2. The lowest BCUT2D eigenvalue weighted by atomic mass is 9.95. The van der Waals surface area contributed by atoms with E-state index in [0.717, 1.165) is 45.6 Å². The predicted octanol–water partition coefficient (Wildman–Crippen LogP) is 2.39. The Kier molecular flexibility index (Phi) is 4.74. The summed E-state index contributed by atoms with van der Waals surface area (Å²) in [4.78, 5) is 16.9. The van der Waals surface area contributed by atoms with Gasteiger partial charge in [-0.2, -0.15) is 5.26 Å². The zero-order valence-corrected chi connectivity index (χ0v) is 13.0. The van der Waals surface area contributed by atoms with Gasteiger partial charge >= 0.3 is 0 Å². The van der Waals surface area contributed by atoms with Crippen molar-refractivity contribution in [3.63, 3.8) is 0 Å². The van der Waals surface area contributed by atoms with Gasteiger partial charge in [-0.1, -0.05) is 12.1 Å². The largest absolute Gasteiger partial charge is 0.342 e. The van der Waals surface area contributed by atoms with E-state index in [0.29, 0.717) is 11.5 Å². The Labute approximate surface area is 132 Å². The average molecular weight is 297 g/mol. The van der Waals surface area contributed by atoms with Crippen LogP contribution in [0.15, 0.2) is 24.3 Å². The van der Waals surface area contributed by atoms with Crippen molar-refractivity contribution in [1.82, 2.24) is 9.80 Å². The van der Waals surface area contributed by atoms with Crippen LogP contribution in [0.1, 0.15) is 36.8 Å². The molecule has 2 aliphatic rings. The summed E-state index contributed by atoms with van der Waals surface area (Å²) in [5, 5.41) is 8.82. The van der Waals surface area contributed by atoms with Crippen LogP contribution in [-0.2, 0) is 11.3 Å². The Hall–Kier alpha value is -1.86. The van der Waals surface area contributed by atoms with Crippen molar-refractivity contribution in [2.45, 2.75) is 32.2 Å². The smallest absolute Gasteiger partial charge is 0.225 e. The van der Waals surface area contributed by atoms with Gasteiger partial charge in [-0.05, 0) is 56.5 Å². The standard InChI is InChI=1S/C18H23N3O/c19-13-15-3-5-16(6-4-15)14-20-11-7-17(8-12-20)18(22)21-9-1-2-10-21/h3-6,17H,1-2,7-12,14H2. The summed E-state index contributed by atoms with van der Waals surface area (Å²) in [6.45, 7) is 4.82. The highest BCUT2D eigenvalue weighted by Crippen LogP contribution is 2.23. The minimum atomic E-state index is 0.232. The molecule has 0 atom stereocenters. The number of rotatable bonds is 3. The first-order valence-corrected chi connectivity index (χ1v) is 8.26. The summed E-state index contributed by atoms with van der Waals surface area (Å²) in [7, 11) is 0. The molecule has 0 saturated carbocycles. The van der Waals surface area contributed by atoms with Crippen LogP contribution in [0.25, 0.3) is 0 Å². The molecule has 0 N–H and O–H groups in total. The fourth-order valence-electron chi connectivity index (χ4n) is 3.48. The van der Waals surface area contributed by atoms with Crippen molar-refractivity contribution in [2.24, 2.45) is 5.92 Å². The van der Waals surface area contributed by atoms with Crippen LogP contribution >= 0.6 is 0 Å². The fraction of sp³-hybridized carbons (Fsp3) is 0.556. The van der Waals surface area contributed by atoms with Crippen molar-refractivity contribution >= 4 is 5.91 Å². The normalized spacial score (nSPS) is 20.0. The molecule has 0 spiro atoms. The first-order chi connectivity index (χ1) is 10.8. The lowest BCUT2D eigenvalue weighted by molar-refractivity contribution is -0.136. The first-order valence-electron chi connectivity index (χ1n) is 8.26. The molecule has 22 heavy (non-hydrogen) atoms. The van der Waals surface area contributed by atoms with Crippen LogP contribution in [0, 0.1) is 17.2 Å². The molecule has 116 valence electrons. The number of carbonyl (C=O) groups is 1. The Morgan fingerprint density at radius 3 is 2.32 bits per heavy atom. The third-order valence-electron chi connectivity index (χ3n) is 4.84. The number of hydrogen-bond acceptors (Lipinski definition) is 3.